The van der Waals surface area contributed by atoms with E-state index in [1.165, 1.54) is 6.26 Å². The van der Waals surface area contributed by atoms with Gasteiger partial charge in [-0.1, -0.05) is 42.5 Å². The Bertz CT molecular complexity index is 927. The zero-order chi connectivity index (χ0) is 18.6. The van der Waals surface area contributed by atoms with E-state index in [-0.39, 0.29) is 11.8 Å². The maximum Gasteiger partial charge on any atom is 0.289 e. The average Bonchev–Trinajstić information content (AvgIpc) is 3.28. The minimum Gasteiger partial charge on any atom is -0.459 e. The molecule has 1 aromatic heterocycles. The second-order valence-electron chi connectivity index (χ2n) is 6.51. The molecule has 0 bridgehead atoms. The summed E-state index contributed by atoms with van der Waals surface area (Å²) >= 11 is 0. The van der Waals surface area contributed by atoms with E-state index < -0.39 is 0 Å². The highest BCUT2D eigenvalue weighted by atomic mass is 16.3. The summed E-state index contributed by atoms with van der Waals surface area (Å²) in [7, 11) is 0. The quantitative estimate of drug-likeness (QED) is 0.718. The molecule has 5 nitrogen and oxygen atoms in total. The fraction of sp³-hybridized carbons (Fsp3) is 0.182. The number of furan rings is 1. The van der Waals surface area contributed by atoms with E-state index in [0.717, 1.165) is 11.1 Å². The molecule has 1 fully saturated rings. The average molecular weight is 360 g/mol. The second-order valence-corrected chi connectivity index (χ2v) is 6.51. The summed E-state index contributed by atoms with van der Waals surface area (Å²) in [6.45, 7) is 2.04. The van der Waals surface area contributed by atoms with Gasteiger partial charge in [0.25, 0.3) is 11.8 Å². The molecule has 5 heteroatoms. The van der Waals surface area contributed by atoms with Crippen LogP contribution in [0.2, 0.25) is 0 Å². The Hall–Kier alpha value is -3.34. The van der Waals surface area contributed by atoms with Gasteiger partial charge in [-0.25, -0.2) is 0 Å². The highest BCUT2D eigenvalue weighted by molar-refractivity contribution is 5.96. The normalized spacial score (nSPS) is 14.2. The summed E-state index contributed by atoms with van der Waals surface area (Å²) in [5.74, 6) is 0.210. The van der Waals surface area contributed by atoms with Crippen LogP contribution in [0, 0.1) is 0 Å². The maximum atomic E-state index is 12.9. The standard InChI is InChI=1S/C22H20N2O3/c25-21(19-9-4-8-18(16-19)17-6-2-1-3-7-17)23-11-13-24(14-12-23)22(26)20-10-5-15-27-20/h1-10,15-16H,11-14H2. The molecule has 0 N–H and O–H groups in total. The van der Waals surface area contributed by atoms with Crippen molar-refractivity contribution in [2.45, 2.75) is 0 Å². The van der Waals surface area contributed by atoms with E-state index in [0.29, 0.717) is 37.5 Å². The first-order chi connectivity index (χ1) is 13.2. The Morgan fingerprint density at radius 1 is 0.704 bits per heavy atom. The van der Waals surface area contributed by atoms with E-state index in [1.807, 2.05) is 54.6 Å². The van der Waals surface area contributed by atoms with Crippen LogP contribution in [0.5, 0.6) is 0 Å². The Labute approximate surface area is 157 Å². The summed E-state index contributed by atoms with van der Waals surface area (Å²) in [5, 5.41) is 0. The first-order valence-corrected chi connectivity index (χ1v) is 9.00. The summed E-state index contributed by atoms with van der Waals surface area (Å²) in [6.07, 6.45) is 1.49. The van der Waals surface area contributed by atoms with Crippen LogP contribution in [0.15, 0.2) is 77.4 Å². The Morgan fingerprint density at radius 2 is 1.37 bits per heavy atom. The molecule has 136 valence electrons. The molecule has 0 saturated carbocycles. The predicted molar refractivity (Wildman–Crippen MR) is 102 cm³/mol. The van der Waals surface area contributed by atoms with Crippen LogP contribution in [-0.4, -0.2) is 47.8 Å². The molecular weight excluding hydrogens is 340 g/mol. The van der Waals surface area contributed by atoms with Gasteiger partial charge in [-0.05, 0) is 35.4 Å². The molecular formula is C22H20N2O3. The van der Waals surface area contributed by atoms with Gasteiger partial charge < -0.3 is 14.2 Å². The predicted octanol–water partition coefficient (Wildman–Crippen LogP) is 3.54. The molecule has 1 aliphatic rings. The number of nitrogens with zero attached hydrogens (tertiary/aromatic N) is 2. The lowest BCUT2D eigenvalue weighted by Gasteiger charge is -2.34. The molecule has 2 amide bonds. The molecule has 2 heterocycles. The van der Waals surface area contributed by atoms with Crippen molar-refractivity contribution in [3.63, 3.8) is 0 Å². The monoisotopic (exact) mass is 360 g/mol. The van der Waals surface area contributed by atoms with Crippen LogP contribution < -0.4 is 0 Å². The minimum absolute atomic E-state index is 0.00196. The number of rotatable bonds is 3. The van der Waals surface area contributed by atoms with Crippen LogP contribution in [0.25, 0.3) is 11.1 Å². The third kappa shape index (κ3) is 3.62. The van der Waals surface area contributed by atoms with Crippen molar-refractivity contribution in [3.05, 3.63) is 84.3 Å². The van der Waals surface area contributed by atoms with Gasteiger partial charge in [0.05, 0.1) is 6.26 Å². The summed E-state index contributed by atoms with van der Waals surface area (Å²) in [5.41, 5.74) is 2.77. The molecule has 0 unspecified atom stereocenters. The zero-order valence-electron chi connectivity index (χ0n) is 14.9. The fourth-order valence-electron chi connectivity index (χ4n) is 3.31. The Kier molecular flexibility index (Phi) is 4.75. The first kappa shape index (κ1) is 17.1. The van der Waals surface area contributed by atoms with Crippen molar-refractivity contribution in [1.82, 2.24) is 9.80 Å². The van der Waals surface area contributed by atoms with E-state index >= 15 is 0 Å². The van der Waals surface area contributed by atoms with Gasteiger partial charge in [-0.15, -0.1) is 0 Å². The largest absolute Gasteiger partial charge is 0.459 e. The van der Waals surface area contributed by atoms with Gasteiger partial charge in [0.2, 0.25) is 0 Å². The molecule has 3 aromatic rings. The van der Waals surface area contributed by atoms with E-state index in [1.54, 1.807) is 21.9 Å². The number of piperazine rings is 1. The van der Waals surface area contributed by atoms with E-state index in [4.69, 9.17) is 4.42 Å². The van der Waals surface area contributed by atoms with Crippen molar-refractivity contribution in [2.75, 3.05) is 26.2 Å². The smallest absolute Gasteiger partial charge is 0.289 e. The van der Waals surface area contributed by atoms with Crippen molar-refractivity contribution in [3.8, 4) is 11.1 Å². The maximum absolute atomic E-state index is 12.9. The van der Waals surface area contributed by atoms with Crippen LogP contribution in [0.4, 0.5) is 0 Å². The lowest BCUT2D eigenvalue weighted by atomic mass is 10.0. The molecule has 0 radical (unpaired) electrons. The number of hydrogen-bond acceptors (Lipinski definition) is 3. The lowest BCUT2D eigenvalue weighted by Crippen LogP contribution is -2.50. The number of amides is 2. The highest BCUT2D eigenvalue weighted by Crippen LogP contribution is 2.21. The first-order valence-electron chi connectivity index (χ1n) is 9.00. The summed E-state index contributed by atoms with van der Waals surface area (Å²) in [4.78, 5) is 28.8. The zero-order valence-corrected chi connectivity index (χ0v) is 14.9. The molecule has 27 heavy (non-hydrogen) atoms. The number of carbonyl (C=O) groups is 2. The van der Waals surface area contributed by atoms with Gasteiger partial charge in [0.15, 0.2) is 5.76 Å². The van der Waals surface area contributed by atoms with Crippen LogP contribution >= 0.6 is 0 Å². The van der Waals surface area contributed by atoms with Crippen LogP contribution in [0.1, 0.15) is 20.9 Å². The van der Waals surface area contributed by atoms with Crippen molar-refractivity contribution >= 4 is 11.8 Å². The minimum atomic E-state index is -0.127. The molecule has 0 atom stereocenters. The topological polar surface area (TPSA) is 53.8 Å². The highest BCUT2D eigenvalue weighted by Gasteiger charge is 2.26. The molecule has 0 aliphatic carbocycles. The molecule has 1 aliphatic heterocycles. The second kappa shape index (κ2) is 7.50. The van der Waals surface area contributed by atoms with Crippen molar-refractivity contribution in [1.29, 1.82) is 0 Å². The number of carbonyl (C=O) groups excluding carboxylic acids is 2. The summed E-state index contributed by atoms with van der Waals surface area (Å²) < 4.78 is 5.18. The number of benzene rings is 2. The molecule has 1 saturated heterocycles. The van der Waals surface area contributed by atoms with Crippen molar-refractivity contribution < 1.29 is 14.0 Å². The van der Waals surface area contributed by atoms with Crippen LogP contribution in [-0.2, 0) is 0 Å². The Balaban J connectivity index is 1.43. The lowest BCUT2D eigenvalue weighted by molar-refractivity contribution is 0.0518. The summed E-state index contributed by atoms with van der Waals surface area (Å²) in [6, 6.07) is 21.1. The van der Waals surface area contributed by atoms with Gasteiger partial charge >= 0.3 is 0 Å². The van der Waals surface area contributed by atoms with Gasteiger partial charge in [-0.2, -0.15) is 0 Å². The SMILES string of the molecule is O=C(c1cccc(-c2ccccc2)c1)N1CCN(C(=O)c2ccco2)CC1. The van der Waals surface area contributed by atoms with Crippen molar-refractivity contribution in [2.24, 2.45) is 0 Å². The molecule has 2 aromatic carbocycles. The van der Waals surface area contributed by atoms with Gasteiger partial charge in [0, 0.05) is 31.7 Å². The van der Waals surface area contributed by atoms with Gasteiger partial charge in [0.1, 0.15) is 0 Å². The molecule has 4 rings (SSSR count). The molecule has 0 spiro atoms. The fourth-order valence-corrected chi connectivity index (χ4v) is 3.31. The van der Waals surface area contributed by atoms with Crippen LogP contribution in [0.3, 0.4) is 0 Å². The third-order valence-corrected chi connectivity index (χ3v) is 4.80. The van der Waals surface area contributed by atoms with E-state index in [9.17, 15) is 9.59 Å². The Morgan fingerprint density at radius 3 is 2.04 bits per heavy atom. The third-order valence-electron chi connectivity index (χ3n) is 4.80. The number of hydrogen-bond donors (Lipinski definition) is 0. The van der Waals surface area contributed by atoms with Gasteiger partial charge in [-0.3, -0.25) is 9.59 Å². The van der Waals surface area contributed by atoms with E-state index in [2.05, 4.69) is 0 Å².